The maximum Gasteiger partial charge on any atom is 0.211 e. The first-order valence-electron chi connectivity index (χ1n) is 5.74. The molecule has 6 heteroatoms. The molecule has 0 saturated carbocycles. The van der Waals surface area contributed by atoms with Crippen molar-refractivity contribution >= 4 is 21.6 Å². The summed E-state index contributed by atoms with van der Waals surface area (Å²) in [5.74, 6) is 0.124. The normalized spacial score (nSPS) is 13.5. The van der Waals surface area contributed by atoms with Crippen molar-refractivity contribution in [1.82, 2.24) is 4.72 Å². The summed E-state index contributed by atoms with van der Waals surface area (Å²) in [5.41, 5.74) is 0.851. The van der Waals surface area contributed by atoms with Crippen LogP contribution in [0.5, 0.6) is 0 Å². The molecule has 0 aromatic heterocycles. The fourth-order valence-corrected chi connectivity index (χ4v) is 2.87. The highest BCUT2D eigenvalue weighted by atomic mass is 35.5. The van der Waals surface area contributed by atoms with E-state index in [1.165, 1.54) is 0 Å². The van der Waals surface area contributed by atoms with Crippen molar-refractivity contribution in [2.75, 3.05) is 19.4 Å². The minimum Gasteiger partial charge on any atom is -0.375 e. The van der Waals surface area contributed by atoms with Crippen molar-refractivity contribution in [3.05, 3.63) is 34.9 Å². The molecular weight excluding hydrogens is 274 g/mol. The van der Waals surface area contributed by atoms with Gasteiger partial charge < -0.3 is 4.74 Å². The Labute approximate surface area is 113 Å². The fraction of sp³-hybridized carbons (Fsp3) is 0.500. The number of nitrogens with one attached hydrogen (secondary N) is 1. The minimum atomic E-state index is -3.22. The van der Waals surface area contributed by atoms with Crippen LogP contribution in [0.15, 0.2) is 24.3 Å². The Bertz CT molecular complexity index is 476. The molecule has 4 nitrogen and oxygen atoms in total. The summed E-state index contributed by atoms with van der Waals surface area (Å²) >= 11 is 5.89. The van der Waals surface area contributed by atoms with Crippen LogP contribution in [0.3, 0.4) is 0 Å². The van der Waals surface area contributed by atoms with Crippen LogP contribution in [-0.4, -0.2) is 27.8 Å². The largest absolute Gasteiger partial charge is 0.375 e. The number of benzene rings is 1. The number of methoxy groups -OCH3 is 1. The molecule has 18 heavy (non-hydrogen) atoms. The first-order valence-corrected chi connectivity index (χ1v) is 7.77. The molecular formula is C12H18ClNO3S. The van der Waals surface area contributed by atoms with Gasteiger partial charge in [-0.25, -0.2) is 13.1 Å². The van der Waals surface area contributed by atoms with Gasteiger partial charge in [-0.2, -0.15) is 0 Å². The van der Waals surface area contributed by atoms with Crippen molar-refractivity contribution in [3.63, 3.8) is 0 Å². The average molecular weight is 292 g/mol. The summed E-state index contributed by atoms with van der Waals surface area (Å²) in [6, 6.07) is 7.20. The molecule has 0 heterocycles. The van der Waals surface area contributed by atoms with Gasteiger partial charge in [0.1, 0.15) is 0 Å². The number of hydrogen-bond donors (Lipinski definition) is 1. The van der Waals surface area contributed by atoms with Crippen LogP contribution in [0.25, 0.3) is 0 Å². The summed E-state index contributed by atoms with van der Waals surface area (Å²) in [4.78, 5) is 0. The molecule has 0 fully saturated rings. The zero-order valence-electron chi connectivity index (χ0n) is 10.5. The quantitative estimate of drug-likeness (QED) is 0.839. The predicted molar refractivity (Wildman–Crippen MR) is 73.3 cm³/mol. The van der Waals surface area contributed by atoms with Crippen molar-refractivity contribution in [2.45, 2.75) is 19.4 Å². The van der Waals surface area contributed by atoms with E-state index < -0.39 is 10.0 Å². The Morgan fingerprint density at radius 1 is 1.44 bits per heavy atom. The third-order valence-corrected chi connectivity index (χ3v) is 4.25. The van der Waals surface area contributed by atoms with Gasteiger partial charge in [0.05, 0.1) is 11.9 Å². The van der Waals surface area contributed by atoms with E-state index in [0.29, 0.717) is 11.4 Å². The SMILES string of the molecule is CCCS(=O)(=O)NCC(OC)c1cccc(Cl)c1. The summed E-state index contributed by atoms with van der Waals surface area (Å²) in [7, 11) is -1.68. The second kappa shape index (κ2) is 7.09. The molecule has 102 valence electrons. The molecule has 0 bridgehead atoms. The van der Waals surface area contributed by atoms with Crippen LogP contribution in [0.1, 0.15) is 25.0 Å². The van der Waals surface area contributed by atoms with Gasteiger partial charge in [0, 0.05) is 18.7 Å². The van der Waals surface area contributed by atoms with Gasteiger partial charge in [0.25, 0.3) is 0 Å². The molecule has 1 aromatic rings. The monoisotopic (exact) mass is 291 g/mol. The molecule has 0 aliphatic carbocycles. The Morgan fingerprint density at radius 2 is 2.17 bits per heavy atom. The van der Waals surface area contributed by atoms with Crippen molar-refractivity contribution in [1.29, 1.82) is 0 Å². The molecule has 1 N–H and O–H groups in total. The summed E-state index contributed by atoms with van der Waals surface area (Å²) in [5, 5.41) is 0.603. The van der Waals surface area contributed by atoms with E-state index in [4.69, 9.17) is 16.3 Å². The topological polar surface area (TPSA) is 55.4 Å². The highest BCUT2D eigenvalue weighted by molar-refractivity contribution is 7.89. The highest BCUT2D eigenvalue weighted by Crippen LogP contribution is 2.19. The first kappa shape index (κ1) is 15.4. The number of hydrogen-bond acceptors (Lipinski definition) is 3. The summed E-state index contributed by atoms with van der Waals surface area (Å²) < 4.78 is 30.9. The van der Waals surface area contributed by atoms with E-state index in [2.05, 4.69) is 4.72 Å². The van der Waals surface area contributed by atoms with Crippen LogP contribution < -0.4 is 4.72 Å². The van der Waals surface area contributed by atoms with Crippen molar-refractivity contribution in [3.8, 4) is 0 Å². The molecule has 0 saturated heterocycles. The van der Waals surface area contributed by atoms with E-state index in [0.717, 1.165) is 5.56 Å². The molecule has 0 spiro atoms. The maximum absolute atomic E-state index is 11.6. The molecule has 0 aliphatic heterocycles. The van der Waals surface area contributed by atoms with E-state index >= 15 is 0 Å². The number of rotatable bonds is 7. The first-order chi connectivity index (χ1) is 8.48. The van der Waals surface area contributed by atoms with Crippen LogP contribution in [0.4, 0.5) is 0 Å². The van der Waals surface area contributed by atoms with Crippen LogP contribution >= 0.6 is 11.6 Å². The second-order valence-electron chi connectivity index (χ2n) is 3.95. The van der Waals surface area contributed by atoms with Gasteiger partial charge in [-0.05, 0) is 24.1 Å². The molecule has 0 radical (unpaired) electrons. The standard InChI is InChI=1S/C12H18ClNO3S/c1-3-7-18(15,16)14-9-12(17-2)10-5-4-6-11(13)8-10/h4-6,8,12,14H,3,7,9H2,1-2H3. The number of halogens is 1. The molecule has 1 aromatic carbocycles. The van der Waals surface area contributed by atoms with E-state index in [-0.39, 0.29) is 18.4 Å². The van der Waals surface area contributed by atoms with Gasteiger partial charge >= 0.3 is 0 Å². The Morgan fingerprint density at radius 3 is 2.72 bits per heavy atom. The van der Waals surface area contributed by atoms with Gasteiger partial charge in [0.15, 0.2) is 0 Å². The Hall–Kier alpha value is -0.620. The third kappa shape index (κ3) is 4.94. The van der Waals surface area contributed by atoms with E-state index in [9.17, 15) is 8.42 Å². The fourth-order valence-electron chi connectivity index (χ4n) is 1.59. The number of sulfonamides is 1. The van der Waals surface area contributed by atoms with Gasteiger partial charge in [-0.15, -0.1) is 0 Å². The third-order valence-electron chi connectivity index (χ3n) is 2.47. The van der Waals surface area contributed by atoms with Crippen molar-refractivity contribution < 1.29 is 13.2 Å². The lowest BCUT2D eigenvalue weighted by atomic mass is 10.1. The molecule has 0 amide bonds. The van der Waals surface area contributed by atoms with Gasteiger partial charge in [-0.1, -0.05) is 30.7 Å². The second-order valence-corrected chi connectivity index (χ2v) is 6.31. The minimum absolute atomic E-state index is 0.124. The Kier molecular flexibility index (Phi) is 6.08. The Balaban J connectivity index is 2.69. The van der Waals surface area contributed by atoms with Crippen LogP contribution in [0, 0.1) is 0 Å². The molecule has 1 atom stereocenters. The lowest BCUT2D eigenvalue weighted by Crippen LogP contribution is -2.31. The molecule has 1 rings (SSSR count). The lowest BCUT2D eigenvalue weighted by Gasteiger charge is -2.16. The summed E-state index contributed by atoms with van der Waals surface area (Å²) in [6.07, 6.45) is 0.250. The molecule has 1 unspecified atom stereocenters. The highest BCUT2D eigenvalue weighted by Gasteiger charge is 2.15. The van der Waals surface area contributed by atoms with Crippen molar-refractivity contribution in [2.24, 2.45) is 0 Å². The summed E-state index contributed by atoms with van der Waals surface area (Å²) in [6.45, 7) is 2.03. The number of ether oxygens (including phenoxy) is 1. The van der Waals surface area contributed by atoms with Crippen LogP contribution in [-0.2, 0) is 14.8 Å². The average Bonchev–Trinajstić information content (AvgIpc) is 2.29. The van der Waals surface area contributed by atoms with E-state index in [1.807, 2.05) is 19.1 Å². The zero-order valence-corrected chi connectivity index (χ0v) is 12.1. The van der Waals surface area contributed by atoms with E-state index in [1.54, 1.807) is 19.2 Å². The lowest BCUT2D eigenvalue weighted by molar-refractivity contribution is 0.107. The van der Waals surface area contributed by atoms with Gasteiger partial charge in [-0.3, -0.25) is 0 Å². The smallest absolute Gasteiger partial charge is 0.211 e. The predicted octanol–water partition coefficient (Wildman–Crippen LogP) is 2.36. The van der Waals surface area contributed by atoms with Gasteiger partial charge in [0.2, 0.25) is 10.0 Å². The molecule has 0 aliphatic rings. The van der Waals surface area contributed by atoms with Crippen LogP contribution in [0.2, 0.25) is 5.02 Å². The zero-order chi connectivity index (χ0) is 13.6. The maximum atomic E-state index is 11.6.